The van der Waals surface area contributed by atoms with Gasteiger partial charge in [-0.1, -0.05) is 42.1 Å². The second-order valence-electron chi connectivity index (χ2n) is 6.25. The summed E-state index contributed by atoms with van der Waals surface area (Å²) in [7, 11) is 4.02. The molecule has 2 rings (SSSR count). The topological polar surface area (TPSA) is 72.4 Å². The molecule has 6 nitrogen and oxygen atoms in total. The maximum absolute atomic E-state index is 5.92. The van der Waals surface area contributed by atoms with E-state index in [9.17, 15) is 0 Å². The largest absolute Gasteiger partial charge is 0.490 e. The fraction of sp³-hybridized carbons (Fsp3) is 0.333. The molecular formula is C21H28N4O2S. The third-order valence-electron chi connectivity index (χ3n) is 3.66. The molecule has 0 spiro atoms. The third kappa shape index (κ3) is 8.02. The summed E-state index contributed by atoms with van der Waals surface area (Å²) in [5.74, 6) is 2.18. The Morgan fingerprint density at radius 2 is 1.89 bits per heavy atom. The number of nitrogens with zero attached hydrogens (tertiary/aromatic N) is 3. The number of thioether (sulfide) groups is 1. The van der Waals surface area contributed by atoms with Gasteiger partial charge in [-0.3, -0.25) is 0 Å². The summed E-state index contributed by atoms with van der Waals surface area (Å²) >= 11 is 1.46. The highest BCUT2D eigenvalue weighted by molar-refractivity contribution is 8.13. The van der Waals surface area contributed by atoms with Crippen LogP contribution in [0.1, 0.15) is 18.1 Å². The summed E-state index contributed by atoms with van der Waals surface area (Å²) in [6, 6.07) is 15.8. The zero-order chi connectivity index (χ0) is 20.2. The Morgan fingerprint density at radius 3 is 2.61 bits per heavy atom. The Kier molecular flexibility index (Phi) is 9.37. The van der Waals surface area contributed by atoms with E-state index in [0.717, 1.165) is 23.6 Å². The molecule has 0 heterocycles. The molecule has 0 saturated heterocycles. The van der Waals surface area contributed by atoms with Crippen LogP contribution in [-0.2, 0) is 5.75 Å². The maximum Gasteiger partial charge on any atom is 0.180 e. The van der Waals surface area contributed by atoms with Crippen LogP contribution in [0, 0.1) is 0 Å². The fourth-order valence-electron chi connectivity index (χ4n) is 2.24. The molecule has 0 fully saturated rings. The highest BCUT2D eigenvalue weighted by Crippen LogP contribution is 2.28. The monoisotopic (exact) mass is 400 g/mol. The first kappa shape index (κ1) is 21.8. The molecule has 28 heavy (non-hydrogen) atoms. The van der Waals surface area contributed by atoms with Crippen molar-refractivity contribution in [2.75, 3.05) is 33.9 Å². The van der Waals surface area contributed by atoms with Gasteiger partial charge in [0.1, 0.15) is 6.61 Å². The summed E-state index contributed by atoms with van der Waals surface area (Å²) < 4.78 is 11.5. The van der Waals surface area contributed by atoms with Gasteiger partial charge in [0.2, 0.25) is 0 Å². The Hall–Kier alpha value is -2.51. The zero-order valence-corrected chi connectivity index (χ0v) is 17.5. The number of ether oxygens (including phenoxy) is 2. The minimum atomic E-state index is 0.425. The van der Waals surface area contributed by atoms with Crippen molar-refractivity contribution >= 4 is 23.1 Å². The van der Waals surface area contributed by atoms with Crippen molar-refractivity contribution in [3.05, 3.63) is 59.7 Å². The van der Waals surface area contributed by atoms with Crippen molar-refractivity contribution < 1.29 is 9.47 Å². The molecular weight excluding hydrogens is 372 g/mol. The smallest absolute Gasteiger partial charge is 0.180 e. The van der Waals surface area contributed by atoms with Crippen molar-refractivity contribution in [1.29, 1.82) is 0 Å². The van der Waals surface area contributed by atoms with E-state index in [4.69, 9.17) is 15.2 Å². The average molecular weight is 401 g/mol. The van der Waals surface area contributed by atoms with Crippen LogP contribution < -0.4 is 15.2 Å². The summed E-state index contributed by atoms with van der Waals surface area (Å²) in [4.78, 5) is 2.07. The van der Waals surface area contributed by atoms with Crippen molar-refractivity contribution in [3.63, 3.8) is 0 Å². The molecule has 0 aliphatic rings. The van der Waals surface area contributed by atoms with Gasteiger partial charge in [-0.2, -0.15) is 5.10 Å². The number of hydrogen-bond donors (Lipinski definition) is 1. The molecule has 2 aromatic rings. The van der Waals surface area contributed by atoms with Gasteiger partial charge in [0, 0.05) is 12.3 Å². The summed E-state index contributed by atoms with van der Waals surface area (Å²) in [5.41, 5.74) is 7.98. The van der Waals surface area contributed by atoms with Crippen LogP contribution in [0.3, 0.4) is 0 Å². The number of likely N-dealkylation sites (N-methyl/N-ethyl adjacent to an activating group) is 1. The molecule has 0 bridgehead atoms. The molecule has 0 aliphatic carbocycles. The van der Waals surface area contributed by atoms with Crippen LogP contribution >= 0.6 is 11.8 Å². The second-order valence-corrected chi connectivity index (χ2v) is 7.24. The van der Waals surface area contributed by atoms with Gasteiger partial charge in [0.05, 0.1) is 12.8 Å². The van der Waals surface area contributed by atoms with Crippen molar-refractivity contribution in [3.8, 4) is 11.5 Å². The first-order chi connectivity index (χ1) is 13.6. The van der Waals surface area contributed by atoms with E-state index in [-0.39, 0.29) is 0 Å². The van der Waals surface area contributed by atoms with Gasteiger partial charge >= 0.3 is 0 Å². The van der Waals surface area contributed by atoms with E-state index in [0.29, 0.717) is 24.1 Å². The predicted octanol–water partition coefficient (Wildman–Crippen LogP) is 3.61. The van der Waals surface area contributed by atoms with E-state index in [1.54, 1.807) is 6.21 Å². The third-order valence-corrected chi connectivity index (χ3v) is 4.51. The Bertz CT molecular complexity index is 779. The minimum Gasteiger partial charge on any atom is -0.490 e. The molecule has 2 aromatic carbocycles. The van der Waals surface area contributed by atoms with E-state index in [1.807, 2.05) is 57.4 Å². The highest BCUT2D eigenvalue weighted by Gasteiger charge is 2.06. The molecule has 0 radical (unpaired) electrons. The molecule has 150 valence electrons. The normalized spacial score (nSPS) is 11.9. The van der Waals surface area contributed by atoms with Gasteiger partial charge < -0.3 is 20.1 Å². The first-order valence-corrected chi connectivity index (χ1v) is 10.1. The number of hydrogen-bond acceptors (Lipinski definition) is 6. The SMILES string of the molecule is CCOc1cc(C=NN=C(N)SCc2ccccc2)ccc1OCCN(C)C. The molecule has 0 aliphatic heterocycles. The molecule has 0 saturated carbocycles. The number of benzene rings is 2. The van der Waals surface area contributed by atoms with Crippen LogP contribution in [0.4, 0.5) is 0 Å². The van der Waals surface area contributed by atoms with Crippen molar-refractivity contribution in [1.82, 2.24) is 4.90 Å². The van der Waals surface area contributed by atoms with E-state index < -0.39 is 0 Å². The molecule has 0 aromatic heterocycles. The van der Waals surface area contributed by atoms with Gasteiger partial charge in [-0.15, -0.1) is 5.10 Å². The zero-order valence-electron chi connectivity index (χ0n) is 16.7. The summed E-state index contributed by atoms with van der Waals surface area (Å²) in [6.07, 6.45) is 1.65. The molecule has 2 N–H and O–H groups in total. The molecule has 7 heteroatoms. The minimum absolute atomic E-state index is 0.425. The lowest BCUT2D eigenvalue weighted by Crippen LogP contribution is -2.19. The maximum atomic E-state index is 5.92. The standard InChI is InChI=1S/C21H28N4O2S/c1-4-26-20-14-18(10-11-19(20)27-13-12-25(2)3)15-23-24-21(22)28-16-17-8-6-5-7-9-17/h5-11,14-15H,4,12-13,16H2,1-3H3,(H2,22,24). The number of rotatable bonds is 10. The van der Waals surface area contributed by atoms with Crippen molar-refractivity contribution in [2.45, 2.75) is 12.7 Å². The molecule has 0 amide bonds. The molecule has 0 atom stereocenters. The Labute approximate surface area is 171 Å². The Morgan fingerprint density at radius 1 is 1.11 bits per heavy atom. The van der Waals surface area contributed by atoms with Crippen LogP contribution in [0.25, 0.3) is 0 Å². The predicted molar refractivity (Wildman–Crippen MR) is 119 cm³/mol. The molecule has 0 unspecified atom stereocenters. The van der Waals surface area contributed by atoms with Gasteiger partial charge in [-0.05, 0) is 50.3 Å². The van der Waals surface area contributed by atoms with E-state index in [2.05, 4.69) is 27.2 Å². The lowest BCUT2D eigenvalue weighted by atomic mass is 10.2. The number of nitrogens with two attached hydrogens (primary N) is 1. The fourth-order valence-corrected chi connectivity index (χ4v) is 2.86. The summed E-state index contributed by atoms with van der Waals surface area (Å²) in [6.45, 7) is 3.94. The lowest BCUT2D eigenvalue weighted by molar-refractivity contribution is 0.244. The van der Waals surface area contributed by atoms with Crippen molar-refractivity contribution in [2.24, 2.45) is 15.9 Å². The van der Waals surface area contributed by atoms with E-state index >= 15 is 0 Å². The Balaban J connectivity index is 1.94. The van der Waals surface area contributed by atoms with Gasteiger partial charge in [-0.25, -0.2) is 0 Å². The van der Waals surface area contributed by atoms with Crippen LogP contribution in [0.2, 0.25) is 0 Å². The average Bonchev–Trinajstić information content (AvgIpc) is 2.69. The summed E-state index contributed by atoms with van der Waals surface area (Å²) in [5, 5.41) is 8.56. The van der Waals surface area contributed by atoms with Crippen LogP contribution in [0.5, 0.6) is 11.5 Å². The number of amidine groups is 1. The first-order valence-electron chi connectivity index (χ1n) is 9.16. The van der Waals surface area contributed by atoms with Gasteiger partial charge in [0.25, 0.3) is 0 Å². The second kappa shape index (κ2) is 12.0. The van der Waals surface area contributed by atoms with E-state index in [1.165, 1.54) is 17.3 Å². The highest BCUT2D eigenvalue weighted by atomic mass is 32.2. The van der Waals surface area contributed by atoms with Crippen LogP contribution in [-0.4, -0.2) is 50.1 Å². The quantitative estimate of drug-likeness (QED) is 0.375. The van der Waals surface area contributed by atoms with Gasteiger partial charge in [0.15, 0.2) is 16.7 Å². The lowest BCUT2D eigenvalue weighted by Gasteiger charge is -2.14. The van der Waals surface area contributed by atoms with Crippen LogP contribution in [0.15, 0.2) is 58.7 Å².